The molecule has 0 saturated carbocycles. The van der Waals surface area contributed by atoms with Gasteiger partial charge in [0.05, 0.1) is 5.75 Å². The van der Waals surface area contributed by atoms with Crippen LogP contribution in [0.5, 0.6) is 0 Å². The standard InChI is InChI=1S/C14H19NO3S/c1-15(9-5-8-14(17)18)13(16)11-19-10-12-6-3-2-4-7-12/h2-4,6-7H,5,8-11H2,1H3,(H,17,18). The molecule has 1 aromatic rings. The summed E-state index contributed by atoms with van der Waals surface area (Å²) in [6.45, 7) is 0.497. The minimum Gasteiger partial charge on any atom is -0.481 e. The van der Waals surface area contributed by atoms with Crippen molar-refractivity contribution in [2.24, 2.45) is 0 Å². The maximum atomic E-state index is 11.8. The fraction of sp³-hybridized carbons (Fsp3) is 0.429. The molecule has 0 spiro atoms. The molecular weight excluding hydrogens is 262 g/mol. The summed E-state index contributed by atoms with van der Waals surface area (Å²) >= 11 is 1.58. The second-order valence-electron chi connectivity index (χ2n) is 4.29. The first-order chi connectivity index (χ1) is 9.09. The van der Waals surface area contributed by atoms with Gasteiger partial charge in [0.1, 0.15) is 0 Å². The zero-order valence-corrected chi connectivity index (χ0v) is 11.9. The number of aliphatic carboxylic acids is 1. The smallest absolute Gasteiger partial charge is 0.303 e. The Labute approximate surface area is 117 Å². The number of hydrogen-bond acceptors (Lipinski definition) is 3. The third-order valence-electron chi connectivity index (χ3n) is 2.65. The molecule has 1 aromatic carbocycles. The van der Waals surface area contributed by atoms with Crippen molar-refractivity contribution in [3.8, 4) is 0 Å². The van der Waals surface area contributed by atoms with E-state index in [0.29, 0.717) is 18.7 Å². The quantitative estimate of drug-likeness (QED) is 0.794. The Morgan fingerprint density at radius 3 is 2.58 bits per heavy atom. The molecule has 0 aliphatic rings. The van der Waals surface area contributed by atoms with E-state index >= 15 is 0 Å². The normalized spacial score (nSPS) is 10.2. The van der Waals surface area contributed by atoms with Gasteiger partial charge in [0, 0.05) is 25.8 Å². The lowest BCUT2D eigenvalue weighted by Gasteiger charge is -2.16. The van der Waals surface area contributed by atoms with Gasteiger partial charge in [-0.2, -0.15) is 0 Å². The molecule has 5 heteroatoms. The second kappa shape index (κ2) is 8.58. The first-order valence-corrected chi connectivity index (χ1v) is 7.32. The Morgan fingerprint density at radius 2 is 1.95 bits per heavy atom. The van der Waals surface area contributed by atoms with Crippen molar-refractivity contribution in [3.05, 3.63) is 35.9 Å². The van der Waals surface area contributed by atoms with Crippen molar-refractivity contribution in [1.29, 1.82) is 0 Å². The van der Waals surface area contributed by atoms with E-state index in [-0.39, 0.29) is 12.3 Å². The van der Waals surface area contributed by atoms with Gasteiger partial charge in [0.2, 0.25) is 5.91 Å². The predicted molar refractivity (Wildman–Crippen MR) is 77.1 cm³/mol. The van der Waals surface area contributed by atoms with Gasteiger partial charge in [-0.3, -0.25) is 9.59 Å². The lowest BCUT2D eigenvalue weighted by atomic mass is 10.2. The zero-order valence-electron chi connectivity index (χ0n) is 11.0. The molecule has 0 radical (unpaired) electrons. The number of nitrogens with zero attached hydrogens (tertiary/aromatic N) is 1. The highest BCUT2D eigenvalue weighted by Crippen LogP contribution is 2.12. The topological polar surface area (TPSA) is 57.6 Å². The van der Waals surface area contributed by atoms with Crippen LogP contribution in [0.4, 0.5) is 0 Å². The Balaban J connectivity index is 2.18. The Morgan fingerprint density at radius 1 is 1.26 bits per heavy atom. The van der Waals surface area contributed by atoms with Crippen LogP contribution in [0.2, 0.25) is 0 Å². The summed E-state index contributed by atoms with van der Waals surface area (Å²) in [6.07, 6.45) is 0.607. The molecule has 0 atom stereocenters. The molecule has 1 rings (SSSR count). The first-order valence-electron chi connectivity index (χ1n) is 6.17. The average molecular weight is 281 g/mol. The number of benzene rings is 1. The van der Waals surface area contributed by atoms with E-state index in [1.807, 2.05) is 30.3 Å². The molecule has 0 unspecified atom stereocenters. The molecule has 0 aliphatic carbocycles. The Kier molecular flexibility index (Phi) is 7.03. The third-order valence-corrected chi connectivity index (χ3v) is 3.64. The lowest BCUT2D eigenvalue weighted by Crippen LogP contribution is -2.29. The van der Waals surface area contributed by atoms with Crippen LogP contribution in [-0.2, 0) is 15.3 Å². The minimum atomic E-state index is -0.820. The molecule has 4 nitrogen and oxygen atoms in total. The molecular formula is C14H19NO3S. The van der Waals surface area contributed by atoms with Crippen LogP contribution < -0.4 is 0 Å². The molecule has 0 heterocycles. The highest BCUT2D eigenvalue weighted by Gasteiger charge is 2.09. The van der Waals surface area contributed by atoms with Crippen molar-refractivity contribution in [2.75, 3.05) is 19.3 Å². The van der Waals surface area contributed by atoms with Crippen molar-refractivity contribution < 1.29 is 14.7 Å². The van der Waals surface area contributed by atoms with E-state index in [9.17, 15) is 9.59 Å². The molecule has 0 fully saturated rings. The van der Waals surface area contributed by atoms with Crippen LogP contribution in [0, 0.1) is 0 Å². The average Bonchev–Trinajstić information content (AvgIpc) is 2.39. The highest BCUT2D eigenvalue weighted by atomic mass is 32.2. The fourth-order valence-corrected chi connectivity index (χ4v) is 2.46. The summed E-state index contributed by atoms with van der Waals surface area (Å²) in [7, 11) is 1.72. The van der Waals surface area contributed by atoms with Gasteiger partial charge in [-0.15, -0.1) is 11.8 Å². The monoisotopic (exact) mass is 281 g/mol. The van der Waals surface area contributed by atoms with E-state index in [0.717, 1.165) is 5.75 Å². The molecule has 19 heavy (non-hydrogen) atoms. The van der Waals surface area contributed by atoms with Crippen molar-refractivity contribution in [2.45, 2.75) is 18.6 Å². The SMILES string of the molecule is CN(CCCC(=O)O)C(=O)CSCc1ccccc1. The maximum absolute atomic E-state index is 11.8. The molecule has 0 aliphatic heterocycles. The molecule has 0 aromatic heterocycles. The van der Waals surface area contributed by atoms with E-state index in [1.54, 1.807) is 23.7 Å². The maximum Gasteiger partial charge on any atom is 0.303 e. The minimum absolute atomic E-state index is 0.0475. The fourth-order valence-electron chi connectivity index (χ4n) is 1.53. The van der Waals surface area contributed by atoms with Gasteiger partial charge in [-0.1, -0.05) is 30.3 Å². The number of carbonyl (C=O) groups is 2. The zero-order chi connectivity index (χ0) is 14.1. The van der Waals surface area contributed by atoms with E-state index in [4.69, 9.17) is 5.11 Å². The van der Waals surface area contributed by atoms with Crippen molar-refractivity contribution >= 4 is 23.6 Å². The summed E-state index contributed by atoms with van der Waals surface area (Å²) in [6, 6.07) is 10.0. The van der Waals surface area contributed by atoms with Crippen LogP contribution in [0.15, 0.2) is 30.3 Å². The van der Waals surface area contributed by atoms with Crippen LogP contribution in [-0.4, -0.2) is 41.2 Å². The van der Waals surface area contributed by atoms with Crippen molar-refractivity contribution in [1.82, 2.24) is 4.90 Å². The van der Waals surface area contributed by atoms with Gasteiger partial charge < -0.3 is 10.0 Å². The highest BCUT2D eigenvalue weighted by molar-refractivity contribution is 7.99. The van der Waals surface area contributed by atoms with Gasteiger partial charge in [-0.05, 0) is 12.0 Å². The van der Waals surface area contributed by atoms with Crippen LogP contribution in [0.25, 0.3) is 0 Å². The first kappa shape index (κ1) is 15.6. The van der Waals surface area contributed by atoms with Gasteiger partial charge in [-0.25, -0.2) is 0 Å². The van der Waals surface area contributed by atoms with E-state index < -0.39 is 5.97 Å². The van der Waals surface area contributed by atoms with E-state index in [1.165, 1.54) is 5.56 Å². The molecule has 0 bridgehead atoms. The Hall–Kier alpha value is -1.49. The molecule has 104 valence electrons. The van der Waals surface area contributed by atoms with Crippen LogP contribution >= 0.6 is 11.8 Å². The summed E-state index contributed by atoms with van der Waals surface area (Å²) in [4.78, 5) is 23.7. The van der Waals surface area contributed by atoms with Gasteiger partial charge in [0.25, 0.3) is 0 Å². The summed E-state index contributed by atoms with van der Waals surface area (Å²) < 4.78 is 0. The van der Waals surface area contributed by atoms with Gasteiger partial charge in [0.15, 0.2) is 0 Å². The summed E-state index contributed by atoms with van der Waals surface area (Å²) in [5, 5.41) is 8.52. The van der Waals surface area contributed by atoms with Gasteiger partial charge >= 0.3 is 5.97 Å². The Bertz CT molecular complexity index is 408. The number of thioether (sulfide) groups is 1. The lowest BCUT2D eigenvalue weighted by molar-refractivity contribution is -0.137. The predicted octanol–water partition coefficient (Wildman–Crippen LogP) is 2.24. The number of carbonyl (C=O) groups excluding carboxylic acids is 1. The molecule has 1 N–H and O–H groups in total. The number of carboxylic acid groups (broad SMARTS) is 1. The number of amides is 1. The number of hydrogen-bond donors (Lipinski definition) is 1. The molecule has 1 amide bonds. The summed E-state index contributed by atoms with van der Waals surface area (Å²) in [5.41, 5.74) is 1.20. The number of rotatable bonds is 8. The second-order valence-corrected chi connectivity index (χ2v) is 5.28. The van der Waals surface area contributed by atoms with Crippen molar-refractivity contribution in [3.63, 3.8) is 0 Å². The van der Waals surface area contributed by atoms with Crippen LogP contribution in [0.1, 0.15) is 18.4 Å². The number of carboxylic acids is 1. The largest absolute Gasteiger partial charge is 0.481 e. The summed E-state index contributed by atoms with van der Waals surface area (Å²) in [5.74, 6) is 0.471. The third kappa shape index (κ3) is 6.86. The van der Waals surface area contributed by atoms with E-state index in [2.05, 4.69) is 0 Å². The van der Waals surface area contributed by atoms with Crippen LogP contribution in [0.3, 0.4) is 0 Å². The molecule has 0 saturated heterocycles.